The summed E-state index contributed by atoms with van der Waals surface area (Å²) in [6.45, 7) is 2.03. The van der Waals surface area contributed by atoms with Crippen molar-refractivity contribution in [3.8, 4) is 11.5 Å². The third-order valence-corrected chi connectivity index (χ3v) is 8.38. The number of imide groups is 1. The maximum absolute atomic E-state index is 13.2. The largest absolute Gasteiger partial charge is 0.497 e. The van der Waals surface area contributed by atoms with Crippen LogP contribution in [0.15, 0.2) is 42.5 Å². The summed E-state index contributed by atoms with van der Waals surface area (Å²) >= 11 is 0. The summed E-state index contributed by atoms with van der Waals surface area (Å²) in [7, 11) is 1.56. The lowest BCUT2D eigenvalue weighted by Crippen LogP contribution is -2.33. The lowest BCUT2D eigenvalue weighted by atomic mass is 9.81. The molecule has 0 radical (unpaired) electrons. The number of carbonyl (C=O) groups excluding carboxylic acids is 4. The molecule has 4 aliphatic rings. The molecule has 186 valence electrons. The Morgan fingerprint density at radius 1 is 0.944 bits per heavy atom. The quantitative estimate of drug-likeness (QED) is 0.363. The van der Waals surface area contributed by atoms with E-state index in [2.05, 4.69) is 0 Å². The van der Waals surface area contributed by atoms with Gasteiger partial charge < -0.3 is 14.4 Å². The molecular weight excluding hydrogens is 460 g/mol. The number of aryl methyl sites for hydroxylation is 1. The number of ether oxygens (including phenoxy) is 2. The topological polar surface area (TPSA) is 93.2 Å². The number of benzene rings is 2. The van der Waals surface area contributed by atoms with Gasteiger partial charge in [0.05, 0.1) is 30.6 Å². The fourth-order valence-electron chi connectivity index (χ4n) is 6.68. The minimum atomic E-state index is -0.597. The lowest BCUT2D eigenvalue weighted by Gasteiger charge is -2.20. The second kappa shape index (κ2) is 8.47. The van der Waals surface area contributed by atoms with E-state index in [9.17, 15) is 19.2 Å². The average Bonchev–Trinajstić information content (AvgIpc) is 3.63. The van der Waals surface area contributed by atoms with E-state index in [1.54, 1.807) is 61.4 Å². The molecule has 0 spiro atoms. The fraction of sp³-hybridized carbons (Fsp3) is 0.429. The van der Waals surface area contributed by atoms with Crippen LogP contribution in [0.25, 0.3) is 0 Å². The highest BCUT2D eigenvalue weighted by Crippen LogP contribution is 2.56. The predicted octanol–water partition coefficient (Wildman–Crippen LogP) is 3.50. The highest BCUT2D eigenvalue weighted by molar-refractivity contribution is 6.23. The van der Waals surface area contributed by atoms with Crippen molar-refractivity contribution in [2.45, 2.75) is 32.6 Å². The molecule has 2 heterocycles. The number of hydrogen-bond donors (Lipinski definition) is 0. The summed E-state index contributed by atoms with van der Waals surface area (Å²) < 4.78 is 10.8. The fourth-order valence-corrected chi connectivity index (χ4v) is 6.68. The zero-order valence-corrected chi connectivity index (χ0v) is 20.3. The smallest absolute Gasteiger partial charge is 0.316 e. The SMILES string of the molecule is COc1cccc(N2C[C@H](C(=O)Oc3ccc(N4C(=O)[C@@H]5[C@@H]6CC[C@@H](C6)[C@@H]5C4=O)c(C)c3)CC2=O)c1. The number of amides is 3. The number of rotatable bonds is 5. The van der Waals surface area contributed by atoms with Gasteiger partial charge in [-0.1, -0.05) is 6.07 Å². The van der Waals surface area contributed by atoms with Crippen LogP contribution < -0.4 is 19.3 Å². The Bertz CT molecular complexity index is 1260. The summed E-state index contributed by atoms with van der Waals surface area (Å²) in [5, 5.41) is 0. The van der Waals surface area contributed by atoms with Crippen LogP contribution >= 0.6 is 0 Å². The molecular formula is C28H28N2O6. The highest BCUT2D eigenvalue weighted by Gasteiger charge is 2.61. The number of esters is 1. The number of carbonyl (C=O) groups is 4. The Balaban J connectivity index is 1.15. The number of anilines is 2. The highest BCUT2D eigenvalue weighted by atomic mass is 16.5. The normalized spacial score (nSPS) is 28.7. The maximum Gasteiger partial charge on any atom is 0.316 e. The molecule has 36 heavy (non-hydrogen) atoms. The molecule has 2 bridgehead atoms. The van der Waals surface area contributed by atoms with Crippen LogP contribution in [0.1, 0.15) is 31.2 Å². The molecule has 0 N–H and O–H groups in total. The molecule has 6 rings (SSSR count). The molecule has 2 aromatic rings. The third kappa shape index (κ3) is 3.50. The van der Waals surface area contributed by atoms with Crippen molar-refractivity contribution in [2.75, 3.05) is 23.5 Å². The van der Waals surface area contributed by atoms with Gasteiger partial charge in [-0.05, 0) is 73.9 Å². The van der Waals surface area contributed by atoms with E-state index >= 15 is 0 Å². The van der Waals surface area contributed by atoms with Crippen LogP contribution in [0.2, 0.25) is 0 Å². The lowest BCUT2D eigenvalue weighted by molar-refractivity contribution is -0.139. The van der Waals surface area contributed by atoms with Crippen LogP contribution in [0.5, 0.6) is 11.5 Å². The van der Waals surface area contributed by atoms with Gasteiger partial charge in [0.2, 0.25) is 17.7 Å². The van der Waals surface area contributed by atoms with Crippen LogP contribution in [-0.2, 0) is 19.2 Å². The van der Waals surface area contributed by atoms with E-state index in [0.717, 1.165) is 19.3 Å². The Kier molecular flexibility index (Phi) is 5.35. The molecule has 4 fully saturated rings. The summed E-state index contributed by atoms with van der Waals surface area (Å²) in [5.41, 5.74) is 1.92. The Labute approximate surface area is 209 Å². The van der Waals surface area contributed by atoms with E-state index in [0.29, 0.717) is 40.3 Å². The summed E-state index contributed by atoms with van der Waals surface area (Å²) in [6, 6.07) is 12.1. The number of fused-ring (bicyclic) bond motifs is 5. The van der Waals surface area contributed by atoms with Gasteiger partial charge in [0.25, 0.3) is 0 Å². The Morgan fingerprint density at radius 3 is 2.33 bits per heavy atom. The second-order valence-electron chi connectivity index (χ2n) is 10.4. The number of nitrogens with zero attached hydrogens (tertiary/aromatic N) is 2. The van der Waals surface area contributed by atoms with Gasteiger partial charge in [-0.2, -0.15) is 0 Å². The van der Waals surface area contributed by atoms with Crippen LogP contribution in [-0.4, -0.2) is 37.3 Å². The van der Waals surface area contributed by atoms with Gasteiger partial charge in [-0.3, -0.25) is 19.2 Å². The monoisotopic (exact) mass is 488 g/mol. The molecule has 0 aromatic heterocycles. The molecule has 8 heteroatoms. The predicted molar refractivity (Wildman–Crippen MR) is 131 cm³/mol. The van der Waals surface area contributed by atoms with Gasteiger partial charge in [0.15, 0.2) is 0 Å². The van der Waals surface area contributed by atoms with Crippen molar-refractivity contribution in [1.29, 1.82) is 0 Å². The zero-order chi connectivity index (χ0) is 25.1. The zero-order valence-electron chi connectivity index (χ0n) is 20.3. The Morgan fingerprint density at radius 2 is 1.67 bits per heavy atom. The van der Waals surface area contributed by atoms with Crippen LogP contribution in [0, 0.1) is 36.5 Å². The third-order valence-electron chi connectivity index (χ3n) is 8.38. The first-order valence-electron chi connectivity index (χ1n) is 12.5. The molecule has 8 nitrogen and oxygen atoms in total. The van der Waals surface area contributed by atoms with E-state index < -0.39 is 11.9 Å². The van der Waals surface area contributed by atoms with E-state index in [1.165, 1.54) is 4.90 Å². The van der Waals surface area contributed by atoms with E-state index in [1.807, 2.05) is 0 Å². The molecule has 2 aromatic carbocycles. The van der Waals surface area contributed by atoms with E-state index in [-0.39, 0.29) is 42.5 Å². The first-order valence-corrected chi connectivity index (χ1v) is 12.5. The minimum absolute atomic E-state index is 0.0645. The first-order chi connectivity index (χ1) is 17.4. The van der Waals surface area contributed by atoms with Gasteiger partial charge in [-0.15, -0.1) is 0 Å². The average molecular weight is 489 g/mol. The standard InChI is InChI=1S/C28H28N2O6/c1-15-10-21(8-9-22(15)30-26(32)24-16-6-7-17(11-16)25(24)27(30)33)36-28(34)18-12-23(31)29(14-18)19-4-3-5-20(13-19)35-2/h3-5,8-10,13,16-18,24-25H,6-7,11-12,14H2,1-2H3/t16-,17+,18-,24-,25+/m1/s1. The molecule has 2 aliphatic heterocycles. The van der Waals surface area contributed by atoms with Gasteiger partial charge in [0, 0.05) is 24.7 Å². The summed E-state index contributed by atoms with van der Waals surface area (Å²) in [4.78, 5) is 54.7. The maximum atomic E-state index is 13.2. The van der Waals surface area contributed by atoms with Gasteiger partial charge >= 0.3 is 5.97 Å². The van der Waals surface area contributed by atoms with E-state index in [4.69, 9.17) is 9.47 Å². The molecule has 0 unspecified atom stereocenters. The second-order valence-corrected chi connectivity index (χ2v) is 10.4. The van der Waals surface area contributed by atoms with Crippen LogP contribution in [0.4, 0.5) is 11.4 Å². The van der Waals surface area contributed by atoms with Crippen molar-refractivity contribution in [1.82, 2.24) is 0 Å². The van der Waals surface area contributed by atoms with Gasteiger partial charge in [0.1, 0.15) is 11.5 Å². The number of methoxy groups -OCH3 is 1. The van der Waals surface area contributed by atoms with Gasteiger partial charge in [-0.25, -0.2) is 4.90 Å². The first kappa shape index (κ1) is 22.8. The number of hydrogen-bond acceptors (Lipinski definition) is 6. The molecule has 3 amide bonds. The van der Waals surface area contributed by atoms with Crippen molar-refractivity contribution < 1.29 is 28.7 Å². The van der Waals surface area contributed by atoms with Crippen molar-refractivity contribution in [2.24, 2.45) is 29.6 Å². The molecule has 2 aliphatic carbocycles. The molecule has 2 saturated carbocycles. The van der Waals surface area contributed by atoms with Crippen molar-refractivity contribution >= 4 is 35.1 Å². The van der Waals surface area contributed by atoms with Crippen LogP contribution in [0.3, 0.4) is 0 Å². The molecule has 5 atom stereocenters. The Hall–Kier alpha value is -3.68. The van der Waals surface area contributed by atoms with Crippen molar-refractivity contribution in [3.05, 3.63) is 48.0 Å². The minimum Gasteiger partial charge on any atom is -0.497 e. The molecule has 2 saturated heterocycles. The summed E-state index contributed by atoms with van der Waals surface area (Å²) in [6.07, 6.45) is 3.12. The van der Waals surface area contributed by atoms with Crippen molar-refractivity contribution in [3.63, 3.8) is 0 Å². The summed E-state index contributed by atoms with van der Waals surface area (Å²) in [5.74, 6) is -0.162.